The van der Waals surface area contributed by atoms with Crippen molar-refractivity contribution in [2.24, 2.45) is 11.8 Å². The molecule has 3 atom stereocenters. The van der Waals surface area contributed by atoms with Crippen molar-refractivity contribution >= 4 is 40.8 Å². The lowest BCUT2D eigenvalue weighted by atomic mass is 9.85. The monoisotopic (exact) mass is 614 g/mol. The van der Waals surface area contributed by atoms with E-state index >= 15 is 0 Å². The second kappa shape index (κ2) is 14.9. The van der Waals surface area contributed by atoms with Crippen molar-refractivity contribution in [1.82, 2.24) is 10.6 Å². The van der Waals surface area contributed by atoms with Crippen molar-refractivity contribution in [3.63, 3.8) is 0 Å². The molecule has 2 aromatic rings. The number of nitrogens with one attached hydrogen (secondary N) is 2. The summed E-state index contributed by atoms with van der Waals surface area (Å²) in [4.78, 5) is 39.1. The Morgan fingerprint density at radius 2 is 1.54 bits per heavy atom. The van der Waals surface area contributed by atoms with Gasteiger partial charge in [0.1, 0.15) is 11.8 Å². The minimum atomic E-state index is -5.13. The Morgan fingerprint density at radius 1 is 0.927 bits per heavy atom. The highest BCUT2D eigenvalue weighted by atomic mass is 35.5. The van der Waals surface area contributed by atoms with E-state index in [9.17, 15) is 27.6 Å². The number of alkyl halides is 3. The number of ether oxygens (including phenoxy) is 1. The Hall–Kier alpha value is -2.78. The molecule has 0 saturated heterocycles. The molecule has 2 aromatic carbocycles. The van der Waals surface area contributed by atoms with Gasteiger partial charge in [-0.15, -0.1) is 0 Å². The standard InChI is InChI=1S/C30H35Cl2F3N2O4/c1-18(2)26(27(38)30(33,34)35)37-28(39)24(13-19-9-5-3-6-10-19)36-29(40)25(14-20-11-7-4-8-12-20)41-23-16-21(31)15-22(32)17-23/h3,5-6,9-10,15-18,20,24-26H,4,7-8,11-14H2,1-2H3,(H,36,40)(H,37,39)/t24-,25-,26-/m0/s1. The molecule has 1 aliphatic rings. The van der Waals surface area contributed by atoms with E-state index in [2.05, 4.69) is 10.6 Å². The molecule has 0 aromatic heterocycles. The summed E-state index contributed by atoms with van der Waals surface area (Å²) in [6.45, 7) is 2.81. The lowest BCUT2D eigenvalue weighted by Gasteiger charge is -2.29. The van der Waals surface area contributed by atoms with Gasteiger partial charge in [0.2, 0.25) is 5.91 Å². The summed E-state index contributed by atoms with van der Waals surface area (Å²) in [5, 5.41) is 5.56. The van der Waals surface area contributed by atoms with E-state index in [0.717, 1.165) is 32.1 Å². The van der Waals surface area contributed by atoms with Gasteiger partial charge in [0.25, 0.3) is 11.7 Å². The Bertz CT molecular complexity index is 1170. The number of halogens is 5. The minimum Gasteiger partial charge on any atom is -0.480 e. The number of rotatable bonds is 12. The van der Waals surface area contributed by atoms with Gasteiger partial charge in [0.05, 0.1) is 6.04 Å². The summed E-state index contributed by atoms with van der Waals surface area (Å²) in [5.74, 6) is -3.91. The number of hydrogen-bond donors (Lipinski definition) is 2. The molecule has 0 radical (unpaired) electrons. The number of ketones is 1. The fraction of sp³-hybridized carbons (Fsp3) is 0.500. The highest BCUT2D eigenvalue weighted by Gasteiger charge is 2.45. The van der Waals surface area contributed by atoms with Crippen LogP contribution in [-0.4, -0.2) is 42.0 Å². The van der Waals surface area contributed by atoms with Gasteiger partial charge in [-0.1, -0.05) is 99.5 Å². The quantitative estimate of drug-likeness (QED) is 0.278. The van der Waals surface area contributed by atoms with Crippen LogP contribution in [0.4, 0.5) is 13.2 Å². The minimum absolute atomic E-state index is 0.0113. The number of Topliss-reactive ketones (excluding diaryl/α,β-unsaturated/α-hetero) is 1. The number of benzene rings is 2. The molecule has 41 heavy (non-hydrogen) atoms. The number of carbonyl (C=O) groups is 3. The second-order valence-corrected chi connectivity index (χ2v) is 11.7. The van der Waals surface area contributed by atoms with Crippen LogP contribution in [0.5, 0.6) is 5.75 Å². The molecule has 0 bridgehead atoms. The summed E-state index contributed by atoms with van der Waals surface area (Å²) in [6.07, 6.45) is -0.756. The number of carbonyl (C=O) groups excluding carboxylic acids is 3. The summed E-state index contributed by atoms with van der Waals surface area (Å²) in [6, 6.07) is 10.2. The molecule has 0 aliphatic heterocycles. The van der Waals surface area contributed by atoms with Crippen molar-refractivity contribution in [2.75, 3.05) is 0 Å². The second-order valence-electron chi connectivity index (χ2n) is 10.8. The maximum Gasteiger partial charge on any atom is 0.452 e. The highest BCUT2D eigenvalue weighted by Crippen LogP contribution is 2.31. The first kappa shape index (κ1) is 32.7. The topological polar surface area (TPSA) is 84.5 Å². The third-order valence-electron chi connectivity index (χ3n) is 7.12. The first-order chi connectivity index (χ1) is 19.3. The van der Waals surface area contributed by atoms with Gasteiger partial charge in [-0.25, -0.2) is 0 Å². The van der Waals surface area contributed by atoms with E-state index in [4.69, 9.17) is 27.9 Å². The maximum absolute atomic E-state index is 13.7. The smallest absolute Gasteiger partial charge is 0.452 e. The fourth-order valence-corrected chi connectivity index (χ4v) is 5.49. The van der Waals surface area contributed by atoms with E-state index in [1.807, 2.05) is 0 Å². The van der Waals surface area contributed by atoms with Gasteiger partial charge in [0.15, 0.2) is 6.10 Å². The summed E-state index contributed by atoms with van der Waals surface area (Å²) in [5.41, 5.74) is 0.669. The molecule has 6 nitrogen and oxygen atoms in total. The molecule has 1 saturated carbocycles. The van der Waals surface area contributed by atoms with E-state index < -0.39 is 47.9 Å². The zero-order valence-corrected chi connectivity index (χ0v) is 24.5. The molecule has 2 amide bonds. The van der Waals surface area contributed by atoms with Gasteiger partial charge >= 0.3 is 6.18 Å². The van der Waals surface area contributed by atoms with Crippen molar-refractivity contribution in [3.05, 3.63) is 64.1 Å². The lowest BCUT2D eigenvalue weighted by Crippen LogP contribution is -2.57. The Balaban J connectivity index is 1.87. The fourth-order valence-electron chi connectivity index (χ4n) is 4.98. The SMILES string of the molecule is CC(C)[C@H](NC(=O)[C@H](Cc1ccccc1)NC(=O)[C@H](CC1CCCCC1)Oc1cc(Cl)cc(Cl)c1)C(=O)C(F)(F)F. The van der Waals surface area contributed by atoms with Gasteiger partial charge in [-0.05, 0) is 42.0 Å². The average Bonchev–Trinajstić information content (AvgIpc) is 2.90. The summed E-state index contributed by atoms with van der Waals surface area (Å²) >= 11 is 12.3. The molecular formula is C30H35Cl2F3N2O4. The van der Waals surface area contributed by atoms with Gasteiger partial charge in [-0.2, -0.15) is 13.2 Å². The molecule has 224 valence electrons. The van der Waals surface area contributed by atoms with Crippen LogP contribution >= 0.6 is 23.2 Å². The van der Waals surface area contributed by atoms with Crippen LogP contribution < -0.4 is 15.4 Å². The first-order valence-electron chi connectivity index (χ1n) is 13.7. The Morgan fingerprint density at radius 3 is 2.10 bits per heavy atom. The molecular weight excluding hydrogens is 580 g/mol. The maximum atomic E-state index is 13.7. The molecule has 3 rings (SSSR count). The Kier molecular flexibility index (Phi) is 11.9. The highest BCUT2D eigenvalue weighted by molar-refractivity contribution is 6.34. The molecule has 0 heterocycles. The van der Waals surface area contributed by atoms with Gasteiger partial charge in [-0.3, -0.25) is 14.4 Å². The normalized spacial score (nSPS) is 16.5. The van der Waals surface area contributed by atoms with Gasteiger partial charge < -0.3 is 15.4 Å². The molecule has 2 N–H and O–H groups in total. The van der Waals surface area contributed by atoms with E-state index in [1.165, 1.54) is 32.0 Å². The van der Waals surface area contributed by atoms with Crippen LogP contribution in [0.25, 0.3) is 0 Å². The van der Waals surface area contributed by atoms with E-state index in [0.29, 0.717) is 22.0 Å². The van der Waals surface area contributed by atoms with Crippen LogP contribution in [-0.2, 0) is 20.8 Å². The van der Waals surface area contributed by atoms with Crippen molar-refractivity contribution in [2.45, 2.75) is 83.2 Å². The molecule has 11 heteroatoms. The van der Waals surface area contributed by atoms with Crippen molar-refractivity contribution in [1.29, 1.82) is 0 Å². The van der Waals surface area contributed by atoms with Crippen LogP contribution in [0, 0.1) is 11.8 Å². The van der Waals surface area contributed by atoms with Crippen LogP contribution in [0.1, 0.15) is 57.9 Å². The largest absolute Gasteiger partial charge is 0.480 e. The zero-order chi connectivity index (χ0) is 30.2. The third kappa shape index (κ3) is 10.2. The van der Waals surface area contributed by atoms with Crippen molar-refractivity contribution < 1.29 is 32.3 Å². The zero-order valence-electron chi connectivity index (χ0n) is 23.0. The molecule has 1 fully saturated rings. The van der Waals surface area contributed by atoms with E-state index in [-0.39, 0.29) is 18.1 Å². The summed E-state index contributed by atoms with van der Waals surface area (Å²) < 4.78 is 45.8. The molecule has 0 spiro atoms. The first-order valence-corrected chi connectivity index (χ1v) is 14.5. The summed E-state index contributed by atoms with van der Waals surface area (Å²) in [7, 11) is 0. The molecule has 1 aliphatic carbocycles. The van der Waals surface area contributed by atoms with Crippen LogP contribution in [0.2, 0.25) is 10.0 Å². The lowest BCUT2D eigenvalue weighted by molar-refractivity contribution is -0.175. The van der Waals surface area contributed by atoms with Crippen LogP contribution in [0.15, 0.2) is 48.5 Å². The Labute approximate surface area is 248 Å². The number of hydrogen-bond acceptors (Lipinski definition) is 4. The van der Waals surface area contributed by atoms with Crippen LogP contribution in [0.3, 0.4) is 0 Å². The average molecular weight is 616 g/mol. The predicted molar refractivity (Wildman–Crippen MR) is 152 cm³/mol. The van der Waals surface area contributed by atoms with E-state index in [1.54, 1.807) is 30.3 Å². The third-order valence-corrected chi connectivity index (χ3v) is 7.56. The van der Waals surface area contributed by atoms with Gasteiger partial charge in [0, 0.05) is 16.5 Å². The number of amides is 2. The molecule has 0 unspecified atom stereocenters. The predicted octanol–water partition coefficient (Wildman–Crippen LogP) is 6.71. The van der Waals surface area contributed by atoms with Crippen molar-refractivity contribution in [3.8, 4) is 5.75 Å².